The summed E-state index contributed by atoms with van der Waals surface area (Å²) in [5.74, 6) is -1.38. The van der Waals surface area contributed by atoms with Gasteiger partial charge in [0.2, 0.25) is 11.8 Å². The quantitative estimate of drug-likeness (QED) is 0.0938. The Bertz CT molecular complexity index is 1120. The van der Waals surface area contributed by atoms with Crippen molar-refractivity contribution in [1.29, 1.82) is 0 Å². The minimum absolute atomic E-state index is 0.681. The lowest BCUT2D eigenvalue weighted by Gasteiger charge is -2.48. The van der Waals surface area contributed by atoms with Gasteiger partial charge in [0.05, 0.1) is 25.9 Å². The molecule has 20 atom stereocenters. The van der Waals surface area contributed by atoms with Gasteiger partial charge in [-0.25, -0.2) is 0 Å². The first-order valence-corrected chi connectivity index (χ1v) is 15.9. The Morgan fingerprint density at radius 2 is 1.02 bits per heavy atom. The number of carbonyl (C=O) groups excluding carboxylic acids is 2. The van der Waals surface area contributed by atoms with E-state index in [9.17, 15) is 65.8 Å². The van der Waals surface area contributed by atoms with Gasteiger partial charge < -0.3 is 100.0 Å². The van der Waals surface area contributed by atoms with E-state index in [0.29, 0.717) is 0 Å². The van der Waals surface area contributed by atoms with E-state index >= 15 is 0 Å². The SMILES string of the molecule is CC(=O)N[C@@H]1[C@@H](O[C@@H]2O[C@H](CO)[C@H](O)[C@H](O)[C@H]2O)[C@@H](O)[C@@H](CO[C@@H]2O[C@H](CO)[C@@H](O)[C@H](O[C@@H]3O[C@@H](C)[C@@H](O)[C@@H](O)[C@@H]3O)[C@H]2NC(C)=O)O[C@H]1O. The van der Waals surface area contributed by atoms with Crippen molar-refractivity contribution in [1.82, 2.24) is 10.6 Å². The standard InChI is InChI=1S/C28H48N2O20/c1-7-15(35)19(39)21(41)27(45-7)50-24-14(30-9(3)34)26(47-11(5-32)17(24)37)44-6-12-18(38)23(13(25(43)46-12)29-8(2)33)49-28-22(42)20(40)16(36)10(4-31)48-28/h7,10-28,31-32,35-43H,4-6H2,1-3H3,(H,29,33)(H,30,34)/t7-,10+,11+,12+,13+,14+,15+,16-,17+,18-,19+,20-,21-,22+,23+,24+,25+,26+,27-,28-/m0/s1. The van der Waals surface area contributed by atoms with E-state index in [2.05, 4.69) is 10.6 Å². The maximum absolute atomic E-state index is 12.2. The summed E-state index contributed by atoms with van der Waals surface area (Å²) >= 11 is 0. The Labute approximate surface area is 285 Å². The molecule has 0 bridgehead atoms. The fourth-order valence-corrected chi connectivity index (χ4v) is 6.19. The molecule has 22 heteroatoms. The molecule has 50 heavy (non-hydrogen) atoms. The van der Waals surface area contributed by atoms with Crippen molar-refractivity contribution in [2.24, 2.45) is 0 Å². The first-order chi connectivity index (χ1) is 23.5. The predicted molar refractivity (Wildman–Crippen MR) is 156 cm³/mol. The molecule has 290 valence electrons. The summed E-state index contributed by atoms with van der Waals surface area (Å²) in [5, 5.41) is 119. The molecule has 4 heterocycles. The lowest BCUT2D eigenvalue weighted by atomic mass is 9.94. The van der Waals surface area contributed by atoms with E-state index in [4.69, 9.17) is 33.2 Å². The van der Waals surface area contributed by atoms with E-state index in [1.807, 2.05) is 0 Å². The Balaban J connectivity index is 1.55. The molecule has 13 N–H and O–H groups in total. The minimum Gasteiger partial charge on any atom is -0.394 e. The topological polar surface area (TPSA) is 345 Å². The first-order valence-electron chi connectivity index (χ1n) is 15.9. The fourth-order valence-electron chi connectivity index (χ4n) is 6.19. The number of aliphatic hydroxyl groups excluding tert-OH is 11. The highest BCUT2D eigenvalue weighted by Crippen LogP contribution is 2.32. The molecule has 0 radical (unpaired) electrons. The van der Waals surface area contributed by atoms with Crippen LogP contribution in [0.15, 0.2) is 0 Å². The zero-order valence-corrected chi connectivity index (χ0v) is 27.3. The number of amides is 2. The number of hydrogen-bond acceptors (Lipinski definition) is 20. The molecule has 0 saturated carbocycles. The third-order valence-electron chi connectivity index (χ3n) is 8.95. The highest BCUT2D eigenvalue weighted by molar-refractivity contribution is 5.73. The van der Waals surface area contributed by atoms with Gasteiger partial charge in [-0.1, -0.05) is 0 Å². The van der Waals surface area contributed by atoms with Gasteiger partial charge in [0, 0.05) is 13.8 Å². The largest absolute Gasteiger partial charge is 0.394 e. The van der Waals surface area contributed by atoms with Gasteiger partial charge in [0.25, 0.3) is 0 Å². The monoisotopic (exact) mass is 732 g/mol. The molecule has 0 aliphatic carbocycles. The molecule has 0 aromatic rings. The van der Waals surface area contributed by atoms with Gasteiger partial charge >= 0.3 is 0 Å². The van der Waals surface area contributed by atoms with Gasteiger partial charge in [-0.15, -0.1) is 0 Å². The summed E-state index contributed by atoms with van der Waals surface area (Å²) in [7, 11) is 0. The van der Waals surface area contributed by atoms with Crippen molar-refractivity contribution in [2.45, 2.75) is 143 Å². The molecule has 4 aliphatic heterocycles. The Kier molecular flexibility index (Phi) is 14.2. The van der Waals surface area contributed by atoms with Crippen molar-refractivity contribution in [3.8, 4) is 0 Å². The molecule has 4 aliphatic rings. The number of hydrogen-bond donors (Lipinski definition) is 13. The summed E-state index contributed by atoms with van der Waals surface area (Å²) < 4.78 is 39.3. The summed E-state index contributed by atoms with van der Waals surface area (Å²) in [6, 6.07) is -2.94. The van der Waals surface area contributed by atoms with Crippen LogP contribution in [0.5, 0.6) is 0 Å². The van der Waals surface area contributed by atoms with Crippen LogP contribution in [-0.2, 0) is 42.7 Å². The zero-order chi connectivity index (χ0) is 37.2. The molecule has 2 amide bonds. The zero-order valence-electron chi connectivity index (χ0n) is 27.3. The van der Waals surface area contributed by atoms with Crippen molar-refractivity contribution in [3.05, 3.63) is 0 Å². The van der Waals surface area contributed by atoms with Crippen LogP contribution in [0, 0.1) is 0 Å². The number of aliphatic hydroxyl groups is 11. The fraction of sp³-hybridized carbons (Fsp3) is 0.929. The highest BCUT2D eigenvalue weighted by atomic mass is 16.7. The predicted octanol–water partition coefficient (Wildman–Crippen LogP) is -8.43. The highest BCUT2D eigenvalue weighted by Gasteiger charge is 2.54. The summed E-state index contributed by atoms with van der Waals surface area (Å²) in [5.41, 5.74) is 0. The van der Waals surface area contributed by atoms with Gasteiger partial charge in [0.15, 0.2) is 25.2 Å². The summed E-state index contributed by atoms with van der Waals surface area (Å²) in [4.78, 5) is 24.2. The van der Waals surface area contributed by atoms with Crippen molar-refractivity contribution in [3.63, 3.8) is 0 Å². The lowest BCUT2D eigenvalue weighted by molar-refractivity contribution is -0.352. The number of ether oxygens (including phenoxy) is 7. The number of rotatable bonds is 11. The molecule has 0 spiro atoms. The van der Waals surface area contributed by atoms with Gasteiger partial charge in [0.1, 0.15) is 91.4 Å². The van der Waals surface area contributed by atoms with Gasteiger partial charge in [-0.3, -0.25) is 9.59 Å². The molecule has 4 saturated heterocycles. The molecule has 0 aromatic heterocycles. The number of carbonyl (C=O) groups is 2. The van der Waals surface area contributed by atoms with Crippen molar-refractivity contribution < 1.29 is 98.9 Å². The van der Waals surface area contributed by atoms with E-state index in [1.54, 1.807) is 0 Å². The molecule has 0 aromatic carbocycles. The normalized spacial score (nSPS) is 48.5. The van der Waals surface area contributed by atoms with Gasteiger partial charge in [-0.2, -0.15) is 0 Å². The van der Waals surface area contributed by atoms with Crippen LogP contribution in [0.4, 0.5) is 0 Å². The summed E-state index contributed by atoms with van der Waals surface area (Å²) in [6.07, 6.45) is -29.6. The van der Waals surface area contributed by atoms with Crippen LogP contribution < -0.4 is 10.6 Å². The third-order valence-corrected chi connectivity index (χ3v) is 8.95. The smallest absolute Gasteiger partial charge is 0.217 e. The van der Waals surface area contributed by atoms with Crippen LogP contribution >= 0.6 is 0 Å². The second-order valence-corrected chi connectivity index (χ2v) is 12.6. The number of nitrogens with one attached hydrogen (secondary N) is 2. The molecule has 4 fully saturated rings. The van der Waals surface area contributed by atoms with Crippen molar-refractivity contribution in [2.75, 3.05) is 19.8 Å². The molecule has 4 rings (SSSR count). The first kappa shape index (κ1) is 41.0. The maximum atomic E-state index is 12.2. The van der Waals surface area contributed by atoms with E-state index in [1.165, 1.54) is 6.92 Å². The molecular formula is C28H48N2O20. The lowest BCUT2D eigenvalue weighted by Crippen LogP contribution is -2.69. The molecule has 0 unspecified atom stereocenters. The van der Waals surface area contributed by atoms with Crippen LogP contribution in [-0.4, -0.2) is 211 Å². The average Bonchev–Trinajstić information content (AvgIpc) is 3.06. The van der Waals surface area contributed by atoms with E-state index < -0.39 is 154 Å². The Morgan fingerprint density at radius 3 is 1.58 bits per heavy atom. The van der Waals surface area contributed by atoms with Crippen LogP contribution in [0.2, 0.25) is 0 Å². The Hall–Kier alpha value is -1.78. The molecular weight excluding hydrogens is 684 g/mol. The van der Waals surface area contributed by atoms with E-state index in [-0.39, 0.29) is 0 Å². The van der Waals surface area contributed by atoms with Crippen LogP contribution in [0.3, 0.4) is 0 Å². The maximum Gasteiger partial charge on any atom is 0.217 e. The van der Waals surface area contributed by atoms with Crippen LogP contribution in [0.25, 0.3) is 0 Å². The third kappa shape index (κ3) is 8.87. The summed E-state index contributed by atoms with van der Waals surface area (Å²) in [6.45, 7) is 1.29. The van der Waals surface area contributed by atoms with E-state index in [0.717, 1.165) is 13.8 Å². The average molecular weight is 733 g/mol. The second kappa shape index (κ2) is 17.4. The van der Waals surface area contributed by atoms with Gasteiger partial charge in [-0.05, 0) is 6.92 Å². The minimum atomic E-state index is -1.92. The second-order valence-electron chi connectivity index (χ2n) is 12.6. The van der Waals surface area contributed by atoms with Crippen molar-refractivity contribution >= 4 is 11.8 Å². The Morgan fingerprint density at radius 1 is 0.560 bits per heavy atom. The molecule has 22 nitrogen and oxygen atoms in total. The van der Waals surface area contributed by atoms with Crippen LogP contribution in [0.1, 0.15) is 20.8 Å².